The van der Waals surface area contributed by atoms with Gasteiger partial charge in [0.15, 0.2) is 0 Å². The minimum absolute atomic E-state index is 0.0530. The zero-order valence-corrected chi connectivity index (χ0v) is 12.4. The quantitative estimate of drug-likeness (QED) is 0.288. The van der Waals surface area contributed by atoms with Gasteiger partial charge in [-0.3, -0.25) is 0 Å². The van der Waals surface area contributed by atoms with E-state index in [1.165, 1.54) is 0 Å². The molecule has 0 aliphatic heterocycles. The summed E-state index contributed by atoms with van der Waals surface area (Å²) in [4.78, 5) is 0. The molecule has 0 saturated heterocycles. The summed E-state index contributed by atoms with van der Waals surface area (Å²) in [6, 6.07) is 0. The van der Waals surface area contributed by atoms with Crippen molar-refractivity contribution >= 4 is 81.2 Å². The lowest BCUT2D eigenvalue weighted by Gasteiger charge is -2.18. The molecule has 1 rings (SSSR count). The molecule has 84 valence electrons. The van der Waals surface area contributed by atoms with Crippen LogP contribution in [0.5, 0.6) is 0 Å². The standard InChI is InChI=1S/C8H3Cl7/c1-2-4(9)3(8(13,14)15)6(11)7(12)5(2)10/h1H3. The van der Waals surface area contributed by atoms with E-state index < -0.39 is 3.79 Å². The third-order valence-corrected chi connectivity index (χ3v) is 4.23. The second-order valence-corrected chi connectivity index (χ2v) is 6.55. The van der Waals surface area contributed by atoms with Crippen molar-refractivity contribution in [3.8, 4) is 0 Å². The van der Waals surface area contributed by atoms with Crippen molar-refractivity contribution in [2.75, 3.05) is 0 Å². The summed E-state index contributed by atoms with van der Waals surface area (Å²) in [6.07, 6.45) is 0. The van der Waals surface area contributed by atoms with Crippen LogP contribution < -0.4 is 0 Å². The highest BCUT2D eigenvalue weighted by molar-refractivity contribution is 6.68. The fourth-order valence-electron chi connectivity index (χ4n) is 1.000. The van der Waals surface area contributed by atoms with Gasteiger partial charge in [0.25, 0.3) is 0 Å². The van der Waals surface area contributed by atoms with Gasteiger partial charge in [-0.1, -0.05) is 81.2 Å². The molecule has 15 heavy (non-hydrogen) atoms. The van der Waals surface area contributed by atoms with Gasteiger partial charge in [0, 0.05) is 5.56 Å². The summed E-state index contributed by atoms with van der Waals surface area (Å²) < 4.78 is -1.74. The van der Waals surface area contributed by atoms with E-state index in [1.54, 1.807) is 6.92 Å². The smallest absolute Gasteiger partial charge is 0.0835 e. The molecule has 0 spiro atoms. The molecule has 0 bridgehead atoms. The Bertz CT molecular complexity index is 375. The zero-order valence-electron chi connectivity index (χ0n) is 7.15. The van der Waals surface area contributed by atoms with Gasteiger partial charge in [0.1, 0.15) is 0 Å². The van der Waals surface area contributed by atoms with E-state index in [9.17, 15) is 0 Å². The van der Waals surface area contributed by atoms with Crippen LogP contribution in [0.25, 0.3) is 0 Å². The Morgan fingerprint density at radius 2 is 1.20 bits per heavy atom. The Balaban J connectivity index is 3.68. The van der Waals surface area contributed by atoms with Crippen molar-refractivity contribution < 1.29 is 0 Å². The van der Waals surface area contributed by atoms with E-state index in [-0.39, 0.29) is 25.7 Å². The van der Waals surface area contributed by atoms with Crippen LogP contribution in [0.3, 0.4) is 0 Å². The lowest BCUT2D eigenvalue weighted by atomic mass is 10.1. The highest BCUT2D eigenvalue weighted by Gasteiger charge is 2.32. The average molecular weight is 347 g/mol. The first kappa shape index (κ1) is 14.3. The number of hydrogen-bond acceptors (Lipinski definition) is 0. The van der Waals surface area contributed by atoms with E-state index in [2.05, 4.69) is 0 Å². The SMILES string of the molecule is Cc1c(Cl)c(Cl)c(Cl)c(C(Cl)(Cl)Cl)c1Cl. The van der Waals surface area contributed by atoms with Crippen LogP contribution in [0.15, 0.2) is 0 Å². The van der Waals surface area contributed by atoms with Gasteiger partial charge >= 0.3 is 0 Å². The molecule has 1 aromatic rings. The summed E-state index contributed by atoms with van der Waals surface area (Å²) in [7, 11) is 0. The Morgan fingerprint density at radius 3 is 1.60 bits per heavy atom. The zero-order chi connectivity index (χ0) is 12.0. The maximum atomic E-state index is 5.98. The van der Waals surface area contributed by atoms with E-state index >= 15 is 0 Å². The average Bonchev–Trinajstić information content (AvgIpc) is 2.09. The molecule has 0 aliphatic rings. The van der Waals surface area contributed by atoms with Gasteiger partial charge in [0.2, 0.25) is 3.79 Å². The number of rotatable bonds is 0. The number of alkyl halides is 3. The van der Waals surface area contributed by atoms with Gasteiger partial charge in [0.05, 0.1) is 20.1 Å². The van der Waals surface area contributed by atoms with Gasteiger partial charge in [-0.2, -0.15) is 0 Å². The minimum Gasteiger partial charge on any atom is -0.0835 e. The molecule has 0 saturated carbocycles. The first-order chi connectivity index (χ1) is 6.68. The van der Waals surface area contributed by atoms with Crippen molar-refractivity contribution in [2.45, 2.75) is 10.7 Å². The van der Waals surface area contributed by atoms with Gasteiger partial charge < -0.3 is 0 Å². The highest BCUT2D eigenvalue weighted by atomic mass is 35.6. The normalized spacial score (nSPS) is 12.0. The van der Waals surface area contributed by atoms with E-state index in [0.29, 0.717) is 5.56 Å². The van der Waals surface area contributed by atoms with Crippen molar-refractivity contribution in [1.82, 2.24) is 0 Å². The third kappa shape index (κ3) is 2.74. The molecule has 0 N–H and O–H groups in total. The summed E-state index contributed by atoms with van der Waals surface area (Å²) in [5.41, 5.74) is 0.664. The predicted octanol–water partition coefficient (Wildman–Crippen LogP) is 6.44. The molecule has 0 nitrogen and oxygen atoms in total. The number of halogens is 7. The Labute approximate surface area is 122 Å². The molecule has 0 aromatic heterocycles. The monoisotopic (exact) mass is 344 g/mol. The topological polar surface area (TPSA) is 0 Å². The van der Waals surface area contributed by atoms with Crippen LogP contribution in [0.2, 0.25) is 20.1 Å². The molecule has 0 fully saturated rings. The van der Waals surface area contributed by atoms with Crippen LogP contribution in [-0.2, 0) is 3.79 Å². The molecule has 0 heterocycles. The van der Waals surface area contributed by atoms with Crippen molar-refractivity contribution in [3.63, 3.8) is 0 Å². The number of benzene rings is 1. The van der Waals surface area contributed by atoms with Gasteiger partial charge in [-0.05, 0) is 12.5 Å². The van der Waals surface area contributed by atoms with Crippen LogP contribution in [-0.4, -0.2) is 0 Å². The lowest BCUT2D eigenvalue weighted by molar-refractivity contribution is 1.22. The van der Waals surface area contributed by atoms with Crippen LogP contribution in [0.4, 0.5) is 0 Å². The van der Waals surface area contributed by atoms with Crippen molar-refractivity contribution in [3.05, 3.63) is 31.2 Å². The molecule has 0 aliphatic carbocycles. The van der Waals surface area contributed by atoms with E-state index in [1.807, 2.05) is 0 Å². The van der Waals surface area contributed by atoms with Gasteiger partial charge in [-0.15, -0.1) is 0 Å². The first-order valence-electron chi connectivity index (χ1n) is 3.57. The maximum Gasteiger partial charge on any atom is 0.218 e. The van der Waals surface area contributed by atoms with E-state index in [0.717, 1.165) is 0 Å². The molecule has 0 atom stereocenters. The summed E-state index contributed by atoms with van der Waals surface area (Å²) in [5, 5.41) is 0.637. The molecule has 0 amide bonds. The summed E-state index contributed by atoms with van der Waals surface area (Å²) in [5.74, 6) is 0. The Hall–Kier alpha value is 1.25. The van der Waals surface area contributed by atoms with Gasteiger partial charge in [-0.25, -0.2) is 0 Å². The largest absolute Gasteiger partial charge is 0.218 e. The molecular formula is C8H3Cl7. The second-order valence-electron chi connectivity index (χ2n) is 2.75. The Morgan fingerprint density at radius 1 is 0.733 bits per heavy atom. The first-order valence-corrected chi connectivity index (χ1v) is 6.22. The van der Waals surface area contributed by atoms with Crippen LogP contribution in [0.1, 0.15) is 11.1 Å². The fraction of sp³-hybridized carbons (Fsp3) is 0.250. The van der Waals surface area contributed by atoms with Crippen LogP contribution in [0, 0.1) is 6.92 Å². The molecule has 0 unspecified atom stereocenters. The summed E-state index contributed by atoms with van der Waals surface area (Å²) in [6.45, 7) is 1.66. The minimum atomic E-state index is -1.74. The lowest BCUT2D eigenvalue weighted by Crippen LogP contribution is -2.04. The second kappa shape index (κ2) is 4.86. The highest BCUT2D eigenvalue weighted by Crippen LogP contribution is 2.50. The predicted molar refractivity (Wildman–Crippen MR) is 70.5 cm³/mol. The van der Waals surface area contributed by atoms with Crippen molar-refractivity contribution in [2.24, 2.45) is 0 Å². The fourth-order valence-corrected chi connectivity index (χ4v) is 3.09. The Kier molecular flexibility index (Phi) is 4.63. The molecule has 1 aromatic carbocycles. The molecule has 0 radical (unpaired) electrons. The van der Waals surface area contributed by atoms with Crippen LogP contribution >= 0.6 is 81.2 Å². The molecular weight excluding hydrogens is 344 g/mol. The third-order valence-electron chi connectivity index (χ3n) is 1.77. The van der Waals surface area contributed by atoms with E-state index in [4.69, 9.17) is 81.2 Å². The summed E-state index contributed by atoms with van der Waals surface area (Å²) >= 11 is 40.8. The van der Waals surface area contributed by atoms with Crippen molar-refractivity contribution in [1.29, 1.82) is 0 Å². The number of hydrogen-bond donors (Lipinski definition) is 0. The maximum absolute atomic E-state index is 5.98. The molecule has 7 heteroatoms.